The van der Waals surface area contributed by atoms with E-state index in [4.69, 9.17) is 4.74 Å². The van der Waals surface area contributed by atoms with Gasteiger partial charge in [0.1, 0.15) is 6.17 Å². The zero-order chi connectivity index (χ0) is 16.4. The summed E-state index contributed by atoms with van der Waals surface area (Å²) in [6, 6.07) is 0. The third kappa shape index (κ3) is 3.48. The molecule has 0 saturated carbocycles. The van der Waals surface area contributed by atoms with Crippen molar-refractivity contribution in [2.45, 2.75) is 38.4 Å². The van der Waals surface area contributed by atoms with E-state index < -0.39 is 6.09 Å². The maximum atomic E-state index is 12.5. The molecule has 0 spiro atoms. The van der Waals surface area contributed by atoms with Crippen LogP contribution in [0.5, 0.6) is 0 Å². The van der Waals surface area contributed by atoms with E-state index in [0.29, 0.717) is 11.6 Å². The number of thiazole rings is 1. The standard InChI is InChI=1S/C15H22N4O3S/c1-18-8-6-10-11(9-18)23-14(16-10)13(20)17-12-5-3-4-7-19(12)15(21)22-2/h12H,3-9H2,1-2H3,(H,17,20). The van der Waals surface area contributed by atoms with Gasteiger partial charge >= 0.3 is 6.09 Å². The van der Waals surface area contributed by atoms with E-state index in [1.54, 1.807) is 4.90 Å². The minimum Gasteiger partial charge on any atom is -0.453 e. The number of ether oxygens (including phenoxy) is 1. The lowest BCUT2D eigenvalue weighted by Crippen LogP contribution is -2.53. The molecule has 3 heterocycles. The van der Waals surface area contributed by atoms with Crippen molar-refractivity contribution in [3.05, 3.63) is 15.6 Å². The summed E-state index contributed by atoms with van der Waals surface area (Å²) < 4.78 is 4.80. The van der Waals surface area contributed by atoms with Gasteiger partial charge in [-0.15, -0.1) is 11.3 Å². The zero-order valence-electron chi connectivity index (χ0n) is 13.5. The number of likely N-dealkylation sites (N-methyl/N-ethyl adjacent to an activating group) is 1. The highest BCUT2D eigenvalue weighted by Crippen LogP contribution is 2.25. The van der Waals surface area contributed by atoms with Crippen molar-refractivity contribution in [3.63, 3.8) is 0 Å². The van der Waals surface area contributed by atoms with Crippen LogP contribution >= 0.6 is 11.3 Å². The normalized spacial score (nSPS) is 21.7. The Balaban J connectivity index is 1.69. The molecule has 1 saturated heterocycles. The second-order valence-corrected chi connectivity index (χ2v) is 7.11. The molecule has 3 rings (SSSR count). The number of carbonyl (C=O) groups is 2. The second kappa shape index (κ2) is 6.84. The number of piperidine rings is 1. The second-order valence-electron chi connectivity index (χ2n) is 6.03. The van der Waals surface area contributed by atoms with Crippen LogP contribution in [0.25, 0.3) is 0 Å². The number of amides is 2. The Labute approximate surface area is 139 Å². The minimum absolute atomic E-state index is 0.201. The average molecular weight is 338 g/mol. The van der Waals surface area contributed by atoms with Crippen molar-refractivity contribution < 1.29 is 14.3 Å². The monoisotopic (exact) mass is 338 g/mol. The summed E-state index contributed by atoms with van der Waals surface area (Å²) in [6.45, 7) is 2.42. The fourth-order valence-corrected chi connectivity index (χ4v) is 4.14. The molecule has 1 aromatic rings. The Hall–Kier alpha value is -1.67. The maximum absolute atomic E-state index is 12.5. The highest BCUT2D eigenvalue weighted by molar-refractivity contribution is 7.13. The molecule has 23 heavy (non-hydrogen) atoms. The highest BCUT2D eigenvalue weighted by atomic mass is 32.1. The van der Waals surface area contributed by atoms with Crippen LogP contribution in [-0.2, 0) is 17.7 Å². The molecule has 1 unspecified atom stereocenters. The van der Waals surface area contributed by atoms with Crippen molar-refractivity contribution in [3.8, 4) is 0 Å². The first-order valence-electron chi connectivity index (χ1n) is 7.91. The van der Waals surface area contributed by atoms with Gasteiger partial charge in [-0.2, -0.15) is 0 Å². The number of hydrogen-bond donors (Lipinski definition) is 1. The highest BCUT2D eigenvalue weighted by Gasteiger charge is 2.30. The van der Waals surface area contributed by atoms with E-state index in [1.165, 1.54) is 18.4 Å². The van der Waals surface area contributed by atoms with Crippen molar-refractivity contribution in [2.24, 2.45) is 0 Å². The van der Waals surface area contributed by atoms with E-state index in [1.807, 2.05) is 0 Å². The van der Waals surface area contributed by atoms with Crippen molar-refractivity contribution in [1.82, 2.24) is 20.1 Å². The molecule has 8 heteroatoms. The van der Waals surface area contributed by atoms with Crippen LogP contribution < -0.4 is 5.32 Å². The van der Waals surface area contributed by atoms with Crippen LogP contribution in [0, 0.1) is 0 Å². The Morgan fingerprint density at radius 3 is 2.96 bits per heavy atom. The summed E-state index contributed by atoms with van der Waals surface area (Å²) in [4.78, 5) is 33.8. The third-order valence-electron chi connectivity index (χ3n) is 4.33. The molecule has 2 aliphatic heterocycles. The van der Waals surface area contributed by atoms with Gasteiger partial charge in [0, 0.05) is 30.9 Å². The summed E-state index contributed by atoms with van der Waals surface area (Å²) >= 11 is 1.45. The molecule has 7 nitrogen and oxygen atoms in total. The summed E-state index contributed by atoms with van der Waals surface area (Å²) in [6.07, 6.45) is 2.83. The Morgan fingerprint density at radius 2 is 2.17 bits per heavy atom. The van der Waals surface area contributed by atoms with Gasteiger partial charge in [-0.25, -0.2) is 9.78 Å². The molecule has 1 aromatic heterocycles. The van der Waals surface area contributed by atoms with Crippen LogP contribution in [-0.4, -0.2) is 60.2 Å². The summed E-state index contributed by atoms with van der Waals surface area (Å²) in [5.41, 5.74) is 1.03. The number of nitrogens with one attached hydrogen (secondary N) is 1. The average Bonchev–Trinajstić information content (AvgIpc) is 2.98. The molecular formula is C15H22N4O3S. The number of likely N-dealkylation sites (tertiary alicyclic amines) is 1. The first-order valence-corrected chi connectivity index (χ1v) is 8.72. The molecule has 1 N–H and O–H groups in total. The van der Waals surface area contributed by atoms with Crippen molar-refractivity contribution in [2.75, 3.05) is 27.2 Å². The quantitative estimate of drug-likeness (QED) is 0.883. The predicted octanol–water partition coefficient (Wildman–Crippen LogP) is 1.44. The SMILES string of the molecule is COC(=O)N1CCCCC1NC(=O)c1nc2c(s1)CN(C)CC2. The van der Waals surface area contributed by atoms with Gasteiger partial charge in [-0.05, 0) is 26.3 Å². The molecule has 2 amide bonds. The van der Waals surface area contributed by atoms with Gasteiger partial charge < -0.3 is 15.0 Å². The number of hydrogen-bond acceptors (Lipinski definition) is 6. The van der Waals surface area contributed by atoms with Crippen LogP contribution in [0.15, 0.2) is 0 Å². The zero-order valence-corrected chi connectivity index (χ0v) is 14.3. The molecule has 0 aliphatic carbocycles. The first-order chi connectivity index (χ1) is 11.1. The van der Waals surface area contributed by atoms with Gasteiger partial charge in [0.15, 0.2) is 5.01 Å². The van der Waals surface area contributed by atoms with Gasteiger partial charge in [-0.1, -0.05) is 0 Å². The number of rotatable bonds is 2. The smallest absolute Gasteiger partial charge is 0.411 e. The summed E-state index contributed by atoms with van der Waals surface area (Å²) in [5, 5.41) is 3.43. The Bertz CT molecular complexity index is 604. The van der Waals surface area contributed by atoms with E-state index in [9.17, 15) is 9.59 Å². The number of nitrogens with zero attached hydrogens (tertiary/aromatic N) is 3. The lowest BCUT2D eigenvalue weighted by molar-refractivity contribution is 0.0677. The largest absolute Gasteiger partial charge is 0.453 e. The summed E-state index contributed by atoms with van der Waals surface area (Å²) in [5.74, 6) is -0.201. The lowest BCUT2D eigenvalue weighted by atomic mass is 10.1. The number of fused-ring (bicyclic) bond motifs is 1. The number of carbonyl (C=O) groups excluding carboxylic acids is 2. The molecule has 0 radical (unpaired) electrons. The number of methoxy groups -OCH3 is 1. The van der Waals surface area contributed by atoms with E-state index in [-0.39, 0.29) is 12.1 Å². The molecule has 0 aromatic carbocycles. The molecule has 1 atom stereocenters. The fourth-order valence-electron chi connectivity index (χ4n) is 3.05. The van der Waals surface area contributed by atoms with Gasteiger partial charge in [0.2, 0.25) is 0 Å². The van der Waals surface area contributed by atoms with Crippen LogP contribution in [0.4, 0.5) is 4.79 Å². The molecule has 126 valence electrons. The molecule has 2 aliphatic rings. The summed E-state index contributed by atoms with van der Waals surface area (Å²) in [7, 11) is 3.43. The van der Waals surface area contributed by atoms with E-state index >= 15 is 0 Å². The fraction of sp³-hybridized carbons (Fsp3) is 0.667. The van der Waals surface area contributed by atoms with Crippen LogP contribution in [0.3, 0.4) is 0 Å². The number of aromatic nitrogens is 1. The van der Waals surface area contributed by atoms with E-state index in [0.717, 1.165) is 49.3 Å². The molecule has 1 fully saturated rings. The molecular weight excluding hydrogens is 316 g/mol. The maximum Gasteiger partial charge on any atom is 0.411 e. The van der Waals surface area contributed by atoms with Crippen LogP contribution in [0.1, 0.15) is 39.6 Å². The minimum atomic E-state index is -0.393. The third-order valence-corrected chi connectivity index (χ3v) is 5.41. The van der Waals surface area contributed by atoms with Crippen molar-refractivity contribution >= 4 is 23.3 Å². The van der Waals surface area contributed by atoms with Gasteiger partial charge in [0.25, 0.3) is 5.91 Å². The first kappa shape index (κ1) is 16.2. The van der Waals surface area contributed by atoms with Crippen LogP contribution in [0.2, 0.25) is 0 Å². The van der Waals surface area contributed by atoms with Gasteiger partial charge in [0.05, 0.1) is 12.8 Å². The Kier molecular flexibility index (Phi) is 4.82. The lowest BCUT2D eigenvalue weighted by Gasteiger charge is -2.34. The topological polar surface area (TPSA) is 74.8 Å². The van der Waals surface area contributed by atoms with Crippen molar-refractivity contribution in [1.29, 1.82) is 0 Å². The Morgan fingerprint density at radius 1 is 1.35 bits per heavy atom. The predicted molar refractivity (Wildman–Crippen MR) is 86.4 cm³/mol. The van der Waals surface area contributed by atoms with E-state index in [2.05, 4.69) is 22.2 Å². The van der Waals surface area contributed by atoms with Gasteiger partial charge in [-0.3, -0.25) is 9.69 Å². The molecule has 0 bridgehead atoms.